The summed E-state index contributed by atoms with van der Waals surface area (Å²) in [6.45, 7) is -0.284. The fourth-order valence-electron chi connectivity index (χ4n) is 3.87. The summed E-state index contributed by atoms with van der Waals surface area (Å²) in [5.41, 5.74) is 0.256. The van der Waals surface area contributed by atoms with E-state index in [1.807, 2.05) is 0 Å². The van der Waals surface area contributed by atoms with Gasteiger partial charge in [-0.15, -0.1) is 0 Å². The first-order chi connectivity index (χ1) is 11.2. The number of carbonyl (C=O) groups is 1. The van der Waals surface area contributed by atoms with Crippen LogP contribution in [0.1, 0.15) is 25.7 Å². The standard InChI is InChI=1S/C16H20Cl2N2O3S/c1-24(22,23)20(15-5-4-12(17)8-13(15)18)9-16(21)19-14-7-10-2-3-11(14)6-10/h4-5,8,10-11,14H,2-3,6-7,9H2,1H3,(H,19,21)/t10-,11-,14-/m1/s1. The number of hydrogen-bond acceptors (Lipinski definition) is 3. The van der Waals surface area contributed by atoms with E-state index >= 15 is 0 Å². The zero-order valence-electron chi connectivity index (χ0n) is 13.3. The Kier molecular flexibility index (Phi) is 5.00. The maximum Gasteiger partial charge on any atom is 0.241 e. The third-order valence-electron chi connectivity index (χ3n) is 4.95. The summed E-state index contributed by atoms with van der Waals surface area (Å²) in [4.78, 5) is 12.4. The Balaban J connectivity index is 1.74. The average molecular weight is 391 g/mol. The Morgan fingerprint density at radius 1 is 1.29 bits per heavy atom. The van der Waals surface area contributed by atoms with Crippen LogP contribution in [0.15, 0.2) is 18.2 Å². The van der Waals surface area contributed by atoms with Gasteiger partial charge in [-0.05, 0) is 49.3 Å². The molecule has 2 bridgehead atoms. The smallest absolute Gasteiger partial charge is 0.241 e. The van der Waals surface area contributed by atoms with Crippen molar-refractivity contribution in [3.05, 3.63) is 28.2 Å². The van der Waals surface area contributed by atoms with Crippen molar-refractivity contribution in [3.63, 3.8) is 0 Å². The molecular weight excluding hydrogens is 371 g/mol. The quantitative estimate of drug-likeness (QED) is 0.839. The number of rotatable bonds is 5. The van der Waals surface area contributed by atoms with Gasteiger partial charge in [0.25, 0.3) is 0 Å². The minimum Gasteiger partial charge on any atom is -0.352 e. The van der Waals surface area contributed by atoms with Gasteiger partial charge in [-0.1, -0.05) is 29.6 Å². The molecule has 3 rings (SSSR count). The second-order valence-electron chi connectivity index (χ2n) is 6.71. The fourth-order valence-corrected chi connectivity index (χ4v) is 5.30. The molecule has 3 atom stereocenters. The molecule has 2 aliphatic rings. The summed E-state index contributed by atoms with van der Waals surface area (Å²) < 4.78 is 25.3. The van der Waals surface area contributed by atoms with Crippen molar-refractivity contribution in [2.45, 2.75) is 31.7 Å². The first-order valence-corrected chi connectivity index (χ1v) is 10.6. The maximum atomic E-state index is 12.4. The van der Waals surface area contributed by atoms with Crippen LogP contribution in [0, 0.1) is 11.8 Å². The van der Waals surface area contributed by atoms with Crippen molar-refractivity contribution in [2.75, 3.05) is 17.1 Å². The summed E-state index contributed by atoms with van der Waals surface area (Å²) in [7, 11) is -3.65. The van der Waals surface area contributed by atoms with Gasteiger partial charge in [0, 0.05) is 11.1 Å². The molecule has 2 fully saturated rings. The fraction of sp³-hybridized carbons (Fsp3) is 0.562. The molecule has 0 heterocycles. The molecule has 132 valence electrons. The largest absolute Gasteiger partial charge is 0.352 e. The highest BCUT2D eigenvalue weighted by Crippen LogP contribution is 2.44. The Morgan fingerprint density at radius 3 is 2.58 bits per heavy atom. The van der Waals surface area contributed by atoms with Crippen LogP contribution in [0.3, 0.4) is 0 Å². The van der Waals surface area contributed by atoms with Crippen LogP contribution in [-0.4, -0.2) is 33.2 Å². The molecule has 1 N–H and O–H groups in total. The predicted molar refractivity (Wildman–Crippen MR) is 96.0 cm³/mol. The monoisotopic (exact) mass is 390 g/mol. The molecule has 2 aliphatic carbocycles. The van der Waals surface area contributed by atoms with Gasteiger partial charge in [0.15, 0.2) is 0 Å². The molecule has 0 unspecified atom stereocenters. The predicted octanol–water partition coefficient (Wildman–Crippen LogP) is 3.06. The van der Waals surface area contributed by atoms with Crippen molar-refractivity contribution in [3.8, 4) is 0 Å². The number of halogens is 2. The van der Waals surface area contributed by atoms with Crippen LogP contribution >= 0.6 is 23.2 Å². The number of carbonyl (C=O) groups excluding carboxylic acids is 1. The van der Waals surface area contributed by atoms with E-state index in [-0.39, 0.29) is 29.2 Å². The van der Waals surface area contributed by atoms with E-state index in [0.717, 1.165) is 23.4 Å². The van der Waals surface area contributed by atoms with Gasteiger partial charge in [0.1, 0.15) is 6.54 Å². The van der Waals surface area contributed by atoms with E-state index in [1.54, 1.807) is 6.07 Å². The molecule has 0 spiro atoms. The van der Waals surface area contributed by atoms with Crippen LogP contribution in [0.2, 0.25) is 10.0 Å². The molecule has 24 heavy (non-hydrogen) atoms. The molecule has 8 heteroatoms. The maximum absolute atomic E-state index is 12.4. The van der Waals surface area contributed by atoms with Crippen LogP contribution in [-0.2, 0) is 14.8 Å². The number of hydrogen-bond donors (Lipinski definition) is 1. The minimum atomic E-state index is -3.65. The molecular formula is C16H20Cl2N2O3S. The number of benzene rings is 1. The van der Waals surface area contributed by atoms with Gasteiger partial charge in [0.05, 0.1) is 17.0 Å². The first kappa shape index (κ1) is 17.8. The van der Waals surface area contributed by atoms with E-state index in [0.29, 0.717) is 16.9 Å². The van der Waals surface area contributed by atoms with E-state index in [1.165, 1.54) is 25.0 Å². The van der Waals surface area contributed by atoms with E-state index in [2.05, 4.69) is 5.32 Å². The second kappa shape index (κ2) is 6.73. The normalized spacial score (nSPS) is 25.7. The Bertz CT molecular complexity index is 754. The van der Waals surface area contributed by atoms with Gasteiger partial charge < -0.3 is 5.32 Å². The van der Waals surface area contributed by atoms with Crippen LogP contribution in [0.5, 0.6) is 0 Å². The molecule has 1 amide bonds. The number of sulfonamides is 1. The Hall–Kier alpha value is -0.980. The SMILES string of the molecule is CS(=O)(=O)N(CC(=O)N[C@@H]1C[C@@H]2CC[C@@H]1C2)c1ccc(Cl)cc1Cl. The molecule has 0 aromatic heterocycles. The van der Waals surface area contributed by atoms with E-state index < -0.39 is 10.0 Å². The lowest BCUT2D eigenvalue weighted by molar-refractivity contribution is -0.120. The third kappa shape index (κ3) is 3.81. The van der Waals surface area contributed by atoms with Gasteiger partial charge in [-0.25, -0.2) is 8.42 Å². The number of nitrogens with zero attached hydrogens (tertiary/aromatic N) is 1. The van der Waals surface area contributed by atoms with Crippen molar-refractivity contribution >= 4 is 44.8 Å². The topological polar surface area (TPSA) is 66.5 Å². The molecule has 0 aliphatic heterocycles. The molecule has 5 nitrogen and oxygen atoms in total. The summed E-state index contributed by atoms with van der Waals surface area (Å²) in [5, 5.41) is 3.60. The van der Waals surface area contributed by atoms with Crippen LogP contribution in [0.25, 0.3) is 0 Å². The zero-order valence-corrected chi connectivity index (χ0v) is 15.7. The zero-order chi connectivity index (χ0) is 17.5. The minimum absolute atomic E-state index is 0.165. The third-order valence-corrected chi connectivity index (χ3v) is 6.61. The molecule has 1 aromatic rings. The number of anilines is 1. The number of nitrogens with one attached hydrogen (secondary N) is 1. The summed E-state index contributed by atoms with van der Waals surface area (Å²) >= 11 is 12.0. The summed E-state index contributed by atoms with van der Waals surface area (Å²) in [6.07, 6.45) is 5.62. The van der Waals surface area contributed by atoms with Crippen molar-refractivity contribution < 1.29 is 13.2 Å². The highest BCUT2D eigenvalue weighted by Gasteiger charge is 2.40. The van der Waals surface area contributed by atoms with E-state index in [4.69, 9.17) is 23.2 Å². The van der Waals surface area contributed by atoms with Gasteiger partial charge >= 0.3 is 0 Å². The summed E-state index contributed by atoms with van der Waals surface area (Å²) in [6, 6.07) is 4.69. The summed E-state index contributed by atoms with van der Waals surface area (Å²) in [5.74, 6) is 0.936. The lowest BCUT2D eigenvalue weighted by atomic mass is 9.95. The van der Waals surface area contributed by atoms with Crippen LogP contribution in [0.4, 0.5) is 5.69 Å². The molecule has 2 saturated carbocycles. The first-order valence-electron chi connectivity index (χ1n) is 7.96. The van der Waals surface area contributed by atoms with Gasteiger partial charge in [0.2, 0.25) is 15.9 Å². The molecule has 1 aromatic carbocycles. The number of amides is 1. The van der Waals surface area contributed by atoms with Crippen molar-refractivity contribution in [1.82, 2.24) is 5.32 Å². The van der Waals surface area contributed by atoms with E-state index in [9.17, 15) is 13.2 Å². The van der Waals surface area contributed by atoms with Gasteiger partial charge in [-0.3, -0.25) is 9.10 Å². The van der Waals surface area contributed by atoms with Crippen molar-refractivity contribution in [2.24, 2.45) is 11.8 Å². The van der Waals surface area contributed by atoms with Gasteiger partial charge in [-0.2, -0.15) is 0 Å². The average Bonchev–Trinajstić information content (AvgIpc) is 3.07. The molecule has 0 radical (unpaired) electrons. The lowest BCUT2D eigenvalue weighted by Crippen LogP contribution is -2.45. The lowest BCUT2D eigenvalue weighted by Gasteiger charge is -2.26. The number of fused-ring (bicyclic) bond motifs is 2. The highest BCUT2D eigenvalue weighted by molar-refractivity contribution is 7.92. The second-order valence-corrected chi connectivity index (χ2v) is 9.46. The Labute approximate surface area is 152 Å². The highest BCUT2D eigenvalue weighted by atomic mass is 35.5. The van der Waals surface area contributed by atoms with Crippen molar-refractivity contribution in [1.29, 1.82) is 0 Å². The molecule has 0 saturated heterocycles. The Morgan fingerprint density at radius 2 is 2.04 bits per heavy atom. The van der Waals surface area contributed by atoms with Crippen LogP contribution < -0.4 is 9.62 Å².